The number of benzene rings is 1. The molecule has 0 saturated carbocycles. The van der Waals surface area contributed by atoms with Crippen molar-refractivity contribution in [2.24, 2.45) is 4.99 Å². The average molecular weight is 360 g/mol. The smallest absolute Gasteiger partial charge is 0.190 e. The number of guanidine groups is 1. The summed E-state index contributed by atoms with van der Waals surface area (Å²) < 4.78 is 0. The third kappa shape index (κ3) is 6.38. The zero-order valence-electron chi connectivity index (χ0n) is 15.7. The number of aliphatic imine (C=N–C) groups is 1. The molecule has 0 radical (unpaired) electrons. The highest BCUT2D eigenvalue weighted by Crippen LogP contribution is 2.16. The molecule has 5 nitrogen and oxygen atoms in total. The SMILES string of the molecule is CN=C(NCCCN(C)c1ccccc1)NCCc1nc(C)c(C)s1. The Morgan fingerprint density at radius 2 is 1.88 bits per heavy atom. The molecule has 0 saturated heterocycles. The van der Waals surface area contributed by atoms with Gasteiger partial charge in [-0.25, -0.2) is 4.98 Å². The van der Waals surface area contributed by atoms with Crippen molar-refractivity contribution in [1.82, 2.24) is 15.6 Å². The van der Waals surface area contributed by atoms with Crippen LogP contribution >= 0.6 is 11.3 Å². The van der Waals surface area contributed by atoms with Gasteiger partial charge in [0.05, 0.1) is 10.7 Å². The Labute approximate surface area is 155 Å². The van der Waals surface area contributed by atoms with E-state index in [0.717, 1.165) is 44.1 Å². The molecule has 136 valence electrons. The molecule has 1 heterocycles. The van der Waals surface area contributed by atoms with Gasteiger partial charge in [-0.05, 0) is 32.4 Å². The monoisotopic (exact) mass is 359 g/mol. The summed E-state index contributed by atoms with van der Waals surface area (Å²) in [5.74, 6) is 0.854. The quantitative estimate of drug-likeness (QED) is 0.432. The molecule has 2 aromatic rings. The van der Waals surface area contributed by atoms with Crippen LogP contribution in [0.2, 0.25) is 0 Å². The van der Waals surface area contributed by atoms with Crippen molar-refractivity contribution in [2.75, 3.05) is 38.6 Å². The normalized spacial score (nSPS) is 11.4. The van der Waals surface area contributed by atoms with Crippen LogP contribution < -0.4 is 15.5 Å². The summed E-state index contributed by atoms with van der Waals surface area (Å²) in [5.41, 5.74) is 2.39. The van der Waals surface area contributed by atoms with Crippen molar-refractivity contribution < 1.29 is 0 Å². The standard InChI is InChI=1S/C19H29N5S/c1-15-16(2)25-18(23-15)11-13-22-19(20-3)21-12-8-14-24(4)17-9-6-5-7-10-17/h5-7,9-10H,8,11-14H2,1-4H3,(H2,20,21,22). The lowest BCUT2D eigenvalue weighted by Crippen LogP contribution is -2.39. The van der Waals surface area contributed by atoms with Crippen LogP contribution in [0.25, 0.3) is 0 Å². The zero-order chi connectivity index (χ0) is 18.1. The lowest BCUT2D eigenvalue weighted by Gasteiger charge is -2.19. The number of hydrogen-bond acceptors (Lipinski definition) is 4. The maximum Gasteiger partial charge on any atom is 0.190 e. The van der Waals surface area contributed by atoms with Crippen LogP contribution in [-0.4, -0.2) is 44.7 Å². The molecule has 2 rings (SSSR count). The predicted molar refractivity (Wildman–Crippen MR) is 109 cm³/mol. The molecule has 0 aliphatic heterocycles. The third-order valence-corrected chi connectivity index (χ3v) is 5.22. The molecule has 0 bridgehead atoms. The van der Waals surface area contributed by atoms with E-state index >= 15 is 0 Å². The van der Waals surface area contributed by atoms with Gasteiger partial charge >= 0.3 is 0 Å². The highest BCUT2D eigenvalue weighted by molar-refractivity contribution is 7.11. The number of thiazole rings is 1. The van der Waals surface area contributed by atoms with E-state index in [1.807, 2.05) is 13.1 Å². The van der Waals surface area contributed by atoms with E-state index in [4.69, 9.17) is 0 Å². The van der Waals surface area contributed by atoms with Gasteiger partial charge in [0, 0.05) is 50.7 Å². The summed E-state index contributed by atoms with van der Waals surface area (Å²) in [6.45, 7) is 6.93. The number of anilines is 1. The minimum absolute atomic E-state index is 0.843. The van der Waals surface area contributed by atoms with Gasteiger partial charge in [-0.2, -0.15) is 0 Å². The molecule has 25 heavy (non-hydrogen) atoms. The Hall–Kier alpha value is -2.08. The fourth-order valence-electron chi connectivity index (χ4n) is 2.49. The number of nitrogens with one attached hydrogen (secondary N) is 2. The van der Waals surface area contributed by atoms with Gasteiger partial charge in [0.25, 0.3) is 0 Å². The second-order valence-corrected chi connectivity index (χ2v) is 7.32. The first-order valence-corrected chi connectivity index (χ1v) is 9.55. The van der Waals surface area contributed by atoms with Gasteiger partial charge in [-0.1, -0.05) is 18.2 Å². The number of rotatable bonds is 8. The molecular formula is C19H29N5S. The fraction of sp³-hybridized carbons (Fsp3) is 0.474. The van der Waals surface area contributed by atoms with Gasteiger partial charge in [-0.15, -0.1) is 11.3 Å². The van der Waals surface area contributed by atoms with Crippen LogP contribution in [0.15, 0.2) is 35.3 Å². The molecule has 0 aliphatic rings. The van der Waals surface area contributed by atoms with Crippen molar-refractivity contribution in [3.63, 3.8) is 0 Å². The summed E-state index contributed by atoms with van der Waals surface area (Å²) in [4.78, 5) is 12.4. The van der Waals surface area contributed by atoms with Crippen LogP contribution in [0.4, 0.5) is 5.69 Å². The molecule has 1 aromatic carbocycles. The van der Waals surface area contributed by atoms with Gasteiger partial charge in [0.2, 0.25) is 0 Å². The Morgan fingerprint density at radius 1 is 1.16 bits per heavy atom. The van der Waals surface area contributed by atoms with Crippen molar-refractivity contribution in [2.45, 2.75) is 26.7 Å². The Bertz CT molecular complexity index is 646. The van der Waals surface area contributed by atoms with E-state index in [1.165, 1.54) is 15.6 Å². The number of para-hydroxylation sites is 1. The maximum atomic E-state index is 4.57. The molecule has 0 spiro atoms. The van der Waals surface area contributed by atoms with Crippen molar-refractivity contribution in [1.29, 1.82) is 0 Å². The molecule has 0 aliphatic carbocycles. The number of hydrogen-bond donors (Lipinski definition) is 2. The minimum Gasteiger partial charge on any atom is -0.375 e. The highest BCUT2D eigenvalue weighted by Gasteiger charge is 2.04. The molecular weight excluding hydrogens is 330 g/mol. The molecule has 2 N–H and O–H groups in total. The summed E-state index contributed by atoms with van der Waals surface area (Å²) in [7, 11) is 3.93. The second-order valence-electron chi connectivity index (χ2n) is 6.04. The van der Waals surface area contributed by atoms with E-state index in [-0.39, 0.29) is 0 Å². The minimum atomic E-state index is 0.843. The van der Waals surface area contributed by atoms with Crippen LogP contribution in [0.1, 0.15) is 22.0 Å². The van der Waals surface area contributed by atoms with E-state index < -0.39 is 0 Å². The maximum absolute atomic E-state index is 4.57. The summed E-state index contributed by atoms with van der Waals surface area (Å²) >= 11 is 1.78. The lowest BCUT2D eigenvalue weighted by molar-refractivity contribution is 0.727. The predicted octanol–water partition coefficient (Wildman–Crippen LogP) is 2.99. The molecule has 0 amide bonds. The lowest BCUT2D eigenvalue weighted by atomic mass is 10.3. The molecule has 0 fully saturated rings. The van der Waals surface area contributed by atoms with Crippen LogP contribution in [0.5, 0.6) is 0 Å². The van der Waals surface area contributed by atoms with Crippen molar-refractivity contribution >= 4 is 23.0 Å². The Balaban J connectivity index is 1.63. The summed E-state index contributed by atoms with van der Waals surface area (Å²) in [6.07, 6.45) is 1.98. The van der Waals surface area contributed by atoms with Gasteiger partial charge < -0.3 is 15.5 Å². The van der Waals surface area contributed by atoms with Gasteiger partial charge in [-0.3, -0.25) is 4.99 Å². The first kappa shape index (κ1) is 19.2. The van der Waals surface area contributed by atoms with E-state index in [9.17, 15) is 0 Å². The number of aromatic nitrogens is 1. The first-order chi connectivity index (χ1) is 12.1. The molecule has 6 heteroatoms. The van der Waals surface area contributed by atoms with Crippen LogP contribution in [-0.2, 0) is 6.42 Å². The topological polar surface area (TPSA) is 52.6 Å². The fourth-order valence-corrected chi connectivity index (χ4v) is 3.42. The summed E-state index contributed by atoms with van der Waals surface area (Å²) in [5, 5.41) is 7.92. The average Bonchev–Trinajstić information content (AvgIpc) is 2.95. The number of nitrogens with zero attached hydrogens (tertiary/aromatic N) is 3. The first-order valence-electron chi connectivity index (χ1n) is 8.73. The summed E-state index contributed by atoms with van der Waals surface area (Å²) in [6, 6.07) is 10.5. The Kier molecular flexibility index (Phi) is 7.73. The van der Waals surface area contributed by atoms with Crippen LogP contribution in [0, 0.1) is 13.8 Å². The second kappa shape index (κ2) is 10.0. The van der Waals surface area contributed by atoms with E-state index in [1.54, 1.807) is 11.3 Å². The number of aryl methyl sites for hydroxylation is 2. The largest absolute Gasteiger partial charge is 0.375 e. The molecule has 1 aromatic heterocycles. The van der Waals surface area contributed by atoms with Crippen LogP contribution in [0.3, 0.4) is 0 Å². The third-order valence-electron chi connectivity index (χ3n) is 4.09. The van der Waals surface area contributed by atoms with Gasteiger partial charge in [0.1, 0.15) is 0 Å². The van der Waals surface area contributed by atoms with Crippen molar-refractivity contribution in [3.8, 4) is 0 Å². The zero-order valence-corrected chi connectivity index (χ0v) is 16.5. The highest BCUT2D eigenvalue weighted by atomic mass is 32.1. The van der Waals surface area contributed by atoms with E-state index in [2.05, 4.69) is 70.7 Å². The van der Waals surface area contributed by atoms with Gasteiger partial charge in [0.15, 0.2) is 5.96 Å². The molecule has 0 unspecified atom stereocenters. The van der Waals surface area contributed by atoms with E-state index in [0.29, 0.717) is 0 Å². The van der Waals surface area contributed by atoms with Crippen molar-refractivity contribution in [3.05, 3.63) is 45.9 Å². The Morgan fingerprint density at radius 3 is 2.52 bits per heavy atom. The molecule has 0 atom stereocenters.